The van der Waals surface area contributed by atoms with Crippen LogP contribution in [-0.2, 0) is 26.2 Å². The van der Waals surface area contributed by atoms with Gasteiger partial charge in [0.05, 0.1) is 10.6 Å². The number of nitrogens with zero attached hydrogens (tertiary/aromatic N) is 2. The van der Waals surface area contributed by atoms with Gasteiger partial charge in [-0.25, -0.2) is 8.42 Å². The second kappa shape index (κ2) is 13.7. The molecule has 7 nitrogen and oxygen atoms in total. The maximum Gasteiger partial charge on any atom is 0.264 e. The van der Waals surface area contributed by atoms with Crippen molar-refractivity contribution in [1.29, 1.82) is 0 Å². The van der Waals surface area contributed by atoms with Gasteiger partial charge in [-0.2, -0.15) is 0 Å². The Kier molecular flexibility index (Phi) is 10.9. The van der Waals surface area contributed by atoms with Crippen LogP contribution in [0, 0.1) is 6.92 Å². The molecule has 0 spiro atoms. The number of amides is 2. The minimum atomic E-state index is -4.19. The predicted molar refractivity (Wildman–Crippen MR) is 162 cm³/mol. The van der Waals surface area contributed by atoms with Crippen LogP contribution in [0.4, 0.5) is 5.69 Å². The summed E-state index contributed by atoms with van der Waals surface area (Å²) in [4.78, 5) is 28.6. The molecule has 0 fully saturated rings. The molecule has 40 heavy (non-hydrogen) atoms. The van der Waals surface area contributed by atoms with Crippen LogP contribution in [0.1, 0.15) is 38.3 Å². The molecule has 0 aliphatic carbocycles. The van der Waals surface area contributed by atoms with E-state index in [-0.39, 0.29) is 23.4 Å². The van der Waals surface area contributed by atoms with Gasteiger partial charge in [-0.3, -0.25) is 13.9 Å². The number of rotatable bonds is 11. The molecule has 0 heterocycles. The minimum Gasteiger partial charge on any atom is -0.352 e. The third-order valence-corrected chi connectivity index (χ3v) is 8.77. The third-order valence-electron chi connectivity index (χ3n) is 6.14. The van der Waals surface area contributed by atoms with E-state index in [0.29, 0.717) is 32.7 Å². The molecule has 0 unspecified atom stereocenters. The smallest absolute Gasteiger partial charge is 0.264 e. The molecule has 3 aromatic rings. The van der Waals surface area contributed by atoms with E-state index in [0.717, 1.165) is 9.87 Å². The van der Waals surface area contributed by atoms with Gasteiger partial charge in [-0.15, -0.1) is 0 Å². The van der Waals surface area contributed by atoms with Crippen LogP contribution in [0.3, 0.4) is 0 Å². The van der Waals surface area contributed by atoms with Crippen LogP contribution in [0.15, 0.2) is 71.6 Å². The minimum absolute atomic E-state index is 0.0249. The fourth-order valence-electron chi connectivity index (χ4n) is 4.18. The highest BCUT2D eigenvalue weighted by Crippen LogP contribution is 2.28. The van der Waals surface area contributed by atoms with Gasteiger partial charge in [0, 0.05) is 27.7 Å². The monoisotopic (exact) mass is 623 g/mol. The summed E-state index contributed by atoms with van der Waals surface area (Å²) in [5, 5.41) is 4.00. The lowest BCUT2D eigenvalue weighted by molar-refractivity contribution is -0.140. The van der Waals surface area contributed by atoms with Crippen LogP contribution in [0.2, 0.25) is 15.1 Å². The van der Waals surface area contributed by atoms with Crippen molar-refractivity contribution in [2.45, 2.75) is 57.6 Å². The van der Waals surface area contributed by atoms with Gasteiger partial charge in [0.2, 0.25) is 11.8 Å². The number of hydrogen-bond acceptors (Lipinski definition) is 4. The zero-order valence-corrected chi connectivity index (χ0v) is 25.8. The zero-order chi connectivity index (χ0) is 29.6. The quantitative estimate of drug-likeness (QED) is 0.265. The van der Waals surface area contributed by atoms with E-state index >= 15 is 0 Å². The highest BCUT2D eigenvalue weighted by Gasteiger charge is 2.34. The normalized spacial score (nSPS) is 12.2. The van der Waals surface area contributed by atoms with Crippen LogP contribution in [0.5, 0.6) is 0 Å². The molecule has 0 bridgehead atoms. The lowest BCUT2D eigenvalue weighted by Gasteiger charge is -2.33. The van der Waals surface area contributed by atoms with Gasteiger partial charge < -0.3 is 10.2 Å². The Morgan fingerprint density at radius 3 is 2.15 bits per heavy atom. The summed E-state index contributed by atoms with van der Waals surface area (Å²) in [6, 6.07) is 16.4. The summed E-state index contributed by atoms with van der Waals surface area (Å²) in [6.45, 7) is 6.69. The first kappa shape index (κ1) is 31.7. The molecule has 0 aromatic heterocycles. The van der Waals surface area contributed by atoms with Gasteiger partial charge in [-0.05, 0) is 86.8 Å². The van der Waals surface area contributed by atoms with Gasteiger partial charge in [0.15, 0.2) is 0 Å². The molecular formula is C29H32Cl3N3O4S. The van der Waals surface area contributed by atoms with Gasteiger partial charge >= 0.3 is 0 Å². The van der Waals surface area contributed by atoms with Gasteiger partial charge in [0.25, 0.3) is 10.0 Å². The topological polar surface area (TPSA) is 86.8 Å². The summed E-state index contributed by atoms with van der Waals surface area (Å²) in [7, 11) is -4.19. The lowest BCUT2D eigenvalue weighted by atomic mass is 10.1. The zero-order valence-electron chi connectivity index (χ0n) is 22.7. The van der Waals surface area contributed by atoms with Crippen LogP contribution < -0.4 is 9.62 Å². The Bertz CT molecular complexity index is 1460. The SMILES string of the molecule is CC[C@H](C(=O)NC(C)C)N(Cc1ccc(Cl)cc1Cl)C(=O)CN(c1cccc(C)c1)S(=O)(=O)c1ccc(Cl)cc1. The fourth-order valence-corrected chi connectivity index (χ4v) is 6.18. The van der Waals surface area contributed by atoms with Crippen molar-refractivity contribution in [1.82, 2.24) is 10.2 Å². The van der Waals surface area contributed by atoms with Gasteiger partial charge in [0.1, 0.15) is 12.6 Å². The third kappa shape index (κ3) is 7.91. The van der Waals surface area contributed by atoms with Gasteiger partial charge in [-0.1, -0.05) is 59.9 Å². The average Bonchev–Trinajstić information content (AvgIpc) is 2.88. The van der Waals surface area contributed by atoms with E-state index in [2.05, 4.69) is 5.32 Å². The molecule has 0 aliphatic rings. The number of anilines is 1. The van der Waals surface area contributed by atoms with Crippen molar-refractivity contribution in [3.05, 3.63) is 92.9 Å². The predicted octanol–water partition coefficient (Wildman–Crippen LogP) is 6.48. The highest BCUT2D eigenvalue weighted by molar-refractivity contribution is 7.92. The van der Waals surface area contributed by atoms with E-state index in [1.54, 1.807) is 43.3 Å². The maximum atomic E-state index is 14.1. The number of halogens is 3. The second-order valence-electron chi connectivity index (χ2n) is 9.65. The van der Waals surface area contributed by atoms with Crippen molar-refractivity contribution in [3.63, 3.8) is 0 Å². The first-order valence-electron chi connectivity index (χ1n) is 12.7. The average molecular weight is 625 g/mol. The molecule has 0 saturated carbocycles. The number of carbonyl (C=O) groups excluding carboxylic acids is 2. The Hall–Kier alpha value is -2.78. The highest BCUT2D eigenvalue weighted by atomic mass is 35.5. The van der Waals surface area contributed by atoms with E-state index in [1.165, 1.54) is 29.2 Å². The Morgan fingerprint density at radius 2 is 1.57 bits per heavy atom. The standard InChI is InChI=1S/C29H32Cl3N3O4S/c1-5-27(29(37)33-19(2)3)34(17-21-9-10-23(31)16-26(21)32)28(36)18-35(24-8-6-7-20(4)15-24)40(38,39)25-13-11-22(30)12-14-25/h6-16,19,27H,5,17-18H2,1-4H3,(H,33,37)/t27-/m1/s1. The summed E-state index contributed by atoms with van der Waals surface area (Å²) < 4.78 is 28.8. The summed E-state index contributed by atoms with van der Waals surface area (Å²) in [5.41, 5.74) is 1.69. The molecule has 1 atom stereocenters. The molecule has 214 valence electrons. The molecular weight excluding hydrogens is 593 g/mol. The number of sulfonamides is 1. The number of nitrogens with one attached hydrogen (secondary N) is 1. The number of benzene rings is 3. The number of aryl methyl sites for hydroxylation is 1. The van der Waals surface area contributed by atoms with Crippen molar-refractivity contribution in [2.24, 2.45) is 0 Å². The molecule has 3 aromatic carbocycles. The number of hydrogen-bond donors (Lipinski definition) is 1. The van der Waals surface area contributed by atoms with Crippen molar-refractivity contribution in [2.75, 3.05) is 10.8 Å². The fraction of sp³-hybridized carbons (Fsp3) is 0.310. The Labute approximate surface area is 251 Å². The molecule has 0 saturated heterocycles. The maximum absolute atomic E-state index is 14.1. The van der Waals surface area contributed by atoms with E-state index < -0.39 is 28.5 Å². The number of carbonyl (C=O) groups is 2. The van der Waals surface area contributed by atoms with E-state index in [4.69, 9.17) is 34.8 Å². The van der Waals surface area contributed by atoms with Crippen LogP contribution >= 0.6 is 34.8 Å². The molecule has 2 amide bonds. The first-order valence-corrected chi connectivity index (χ1v) is 15.3. The summed E-state index contributed by atoms with van der Waals surface area (Å²) >= 11 is 18.5. The summed E-state index contributed by atoms with van der Waals surface area (Å²) in [5.74, 6) is -0.922. The molecule has 1 N–H and O–H groups in total. The molecule has 0 aliphatic heterocycles. The van der Waals surface area contributed by atoms with Crippen molar-refractivity contribution >= 4 is 62.3 Å². The largest absolute Gasteiger partial charge is 0.352 e. The van der Waals surface area contributed by atoms with Crippen LogP contribution in [-0.4, -0.2) is 43.8 Å². The lowest BCUT2D eigenvalue weighted by Crippen LogP contribution is -2.53. The summed E-state index contributed by atoms with van der Waals surface area (Å²) in [6.07, 6.45) is 0.296. The second-order valence-corrected chi connectivity index (χ2v) is 12.8. The van der Waals surface area contributed by atoms with E-state index in [9.17, 15) is 18.0 Å². The van der Waals surface area contributed by atoms with Crippen LogP contribution in [0.25, 0.3) is 0 Å². The van der Waals surface area contributed by atoms with Crippen molar-refractivity contribution < 1.29 is 18.0 Å². The molecule has 11 heteroatoms. The van der Waals surface area contributed by atoms with E-state index in [1.807, 2.05) is 26.8 Å². The van der Waals surface area contributed by atoms with Crippen molar-refractivity contribution in [3.8, 4) is 0 Å². The molecule has 0 radical (unpaired) electrons. The molecule has 3 rings (SSSR count). The first-order chi connectivity index (χ1) is 18.8. The Morgan fingerprint density at radius 1 is 0.925 bits per heavy atom. The Balaban J connectivity index is 2.09.